The number of nitrogens with one attached hydrogen (secondary N) is 1. The van der Waals surface area contributed by atoms with E-state index in [1.807, 2.05) is 0 Å². The molecule has 0 radical (unpaired) electrons. The summed E-state index contributed by atoms with van der Waals surface area (Å²) in [6.45, 7) is 3.72. The van der Waals surface area contributed by atoms with E-state index in [2.05, 4.69) is 5.32 Å². The molecule has 1 aliphatic rings. The van der Waals surface area contributed by atoms with E-state index in [1.54, 1.807) is 19.9 Å². The Balaban J connectivity index is 1.95. The number of nitrogens with zero attached hydrogens (tertiary/aromatic N) is 1. The van der Waals surface area contributed by atoms with E-state index in [0.717, 1.165) is 0 Å². The number of likely N-dealkylation sites (tertiary alicyclic amines) is 1. The van der Waals surface area contributed by atoms with Crippen LogP contribution in [-0.4, -0.2) is 46.9 Å². The molecule has 1 aliphatic heterocycles. The van der Waals surface area contributed by atoms with Gasteiger partial charge in [0.2, 0.25) is 5.91 Å². The lowest BCUT2D eigenvalue weighted by molar-refractivity contribution is -0.147. The first-order valence-electron chi connectivity index (χ1n) is 6.70. The van der Waals surface area contributed by atoms with Gasteiger partial charge in [-0.15, -0.1) is 0 Å². The summed E-state index contributed by atoms with van der Waals surface area (Å²) >= 11 is 0. The van der Waals surface area contributed by atoms with Crippen molar-refractivity contribution in [2.24, 2.45) is 5.41 Å². The molecule has 0 spiro atoms. The average molecular weight is 294 g/mol. The monoisotopic (exact) mass is 294 g/mol. The highest BCUT2D eigenvalue weighted by Crippen LogP contribution is 2.30. The van der Waals surface area contributed by atoms with E-state index in [1.165, 1.54) is 17.2 Å². The summed E-state index contributed by atoms with van der Waals surface area (Å²) in [5.41, 5.74) is -0.916. The highest BCUT2D eigenvalue weighted by Gasteiger charge is 2.43. The SMILES string of the molecule is CC(NC(=O)c1ccco1)C(=O)N1CCC(C)(C(=O)O)C1. The second-order valence-corrected chi connectivity index (χ2v) is 5.55. The quantitative estimate of drug-likeness (QED) is 0.852. The Hall–Kier alpha value is -2.31. The molecule has 1 aromatic rings. The number of carboxylic acid groups (broad SMARTS) is 1. The van der Waals surface area contributed by atoms with E-state index in [0.29, 0.717) is 13.0 Å². The molecule has 2 atom stereocenters. The number of aliphatic carboxylic acids is 1. The molecule has 1 fully saturated rings. The number of carboxylic acids is 1. The number of hydrogen-bond donors (Lipinski definition) is 2. The van der Waals surface area contributed by atoms with Gasteiger partial charge < -0.3 is 19.7 Å². The first kappa shape index (κ1) is 15.1. The smallest absolute Gasteiger partial charge is 0.311 e. The number of carbonyl (C=O) groups is 3. The van der Waals surface area contributed by atoms with Gasteiger partial charge in [-0.05, 0) is 32.4 Å². The first-order valence-corrected chi connectivity index (χ1v) is 6.70. The number of rotatable bonds is 4. The van der Waals surface area contributed by atoms with Crippen molar-refractivity contribution >= 4 is 17.8 Å². The fraction of sp³-hybridized carbons (Fsp3) is 0.500. The lowest BCUT2D eigenvalue weighted by atomic mass is 9.90. The number of carbonyl (C=O) groups excluding carboxylic acids is 2. The summed E-state index contributed by atoms with van der Waals surface area (Å²) in [4.78, 5) is 36.7. The van der Waals surface area contributed by atoms with Gasteiger partial charge in [0.15, 0.2) is 5.76 Å². The van der Waals surface area contributed by atoms with Crippen LogP contribution >= 0.6 is 0 Å². The molecule has 1 aromatic heterocycles. The van der Waals surface area contributed by atoms with Crippen LogP contribution in [0, 0.1) is 5.41 Å². The molecular formula is C14H18N2O5. The topological polar surface area (TPSA) is 99.9 Å². The van der Waals surface area contributed by atoms with Gasteiger partial charge in [0, 0.05) is 13.1 Å². The zero-order valence-corrected chi connectivity index (χ0v) is 12.0. The molecule has 0 aromatic carbocycles. The molecule has 114 valence electrons. The zero-order valence-electron chi connectivity index (χ0n) is 12.0. The van der Waals surface area contributed by atoms with Crippen LogP contribution < -0.4 is 5.32 Å². The molecule has 2 unspecified atom stereocenters. The number of amides is 2. The van der Waals surface area contributed by atoms with E-state index in [4.69, 9.17) is 9.52 Å². The fourth-order valence-electron chi connectivity index (χ4n) is 2.33. The van der Waals surface area contributed by atoms with Gasteiger partial charge in [0.25, 0.3) is 5.91 Å². The zero-order chi connectivity index (χ0) is 15.6. The van der Waals surface area contributed by atoms with Crippen molar-refractivity contribution in [3.05, 3.63) is 24.2 Å². The van der Waals surface area contributed by atoms with Crippen LogP contribution in [0.15, 0.2) is 22.8 Å². The molecule has 7 heteroatoms. The third-order valence-corrected chi connectivity index (χ3v) is 3.76. The number of furan rings is 1. The van der Waals surface area contributed by atoms with E-state index < -0.39 is 23.3 Å². The van der Waals surface area contributed by atoms with Crippen molar-refractivity contribution in [3.8, 4) is 0 Å². The summed E-state index contributed by atoms with van der Waals surface area (Å²) in [6, 6.07) is 2.35. The van der Waals surface area contributed by atoms with Crippen molar-refractivity contribution in [1.82, 2.24) is 10.2 Å². The minimum absolute atomic E-state index is 0.131. The van der Waals surface area contributed by atoms with Crippen molar-refractivity contribution in [3.63, 3.8) is 0 Å². The second-order valence-electron chi connectivity index (χ2n) is 5.55. The van der Waals surface area contributed by atoms with E-state index in [9.17, 15) is 14.4 Å². The Morgan fingerprint density at radius 3 is 2.71 bits per heavy atom. The predicted molar refractivity (Wildman–Crippen MR) is 72.6 cm³/mol. The standard InChI is InChI=1S/C14H18N2O5/c1-9(15-11(17)10-4-3-7-21-10)12(18)16-6-5-14(2,8-16)13(19)20/h3-4,7,9H,5-6,8H2,1-2H3,(H,15,17)(H,19,20). The second kappa shape index (κ2) is 5.59. The van der Waals surface area contributed by atoms with Gasteiger partial charge in [0.1, 0.15) is 6.04 Å². The maximum absolute atomic E-state index is 12.2. The molecule has 2 rings (SSSR count). The van der Waals surface area contributed by atoms with Crippen molar-refractivity contribution in [2.45, 2.75) is 26.3 Å². The summed E-state index contributed by atoms with van der Waals surface area (Å²) in [5, 5.41) is 11.7. The number of hydrogen-bond acceptors (Lipinski definition) is 4. The van der Waals surface area contributed by atoms with Crippen molar-refractivity contribution in [1.29, 1.82) is 0 Å². The van der Waals surface area contributed by atoms with Crippen LogP contribution in [0.2, 0.25) is 0 Å². The van der Waals surface area contributed by atoms with Crippen LogP contribution in [0.1, 0.15) is 30.8 Å². The minimum atomic E-state index is -0.916. The molecular weight excluding hydrogens is 276 g/mol. The molecule has 1 saturated heterocycles. The van der Waals surface area contributed by atoms with Crippen LogP contribution in [0.4, 0.5) is 0 Å². The normalized spacial score (nSPS) is 22.9. The van der Waals surface area contributed by atoms with Crippen LogP contribution in [-0.2, 0) is 9.59 Å². The van der Waals surface area contributed by atoms with E-state index >= 15 is 0 Å². The minimum Gasteiger partial charge on any atom is -0.481 e. The van der Waals surface area contributed by atoms with Crippen molar-refractivity contribution in [2.75, 3.05) is 13.1 Å². The van der Waals surface area contributed by atoms with Gasteiger partial charge in [0.05, 0.1) is 11.7 Å². The highest BCUT2D eigenvalue weighted by atomic mass is 16.4. The summed E-state index contributed by atoms with van der Waals surface area (Å²) in [6.07, 6.45) is 1.78. The Bertz CT molecular complexity index is 554. The first-order chi connectivity index (χ1) is 9.83. The summed E-state index contributed by atoms with van der Waals surface area (Å²) in [5.74, 6) is -1.54. The Morgan fingerprint density at radius 1 is 1.48 bits per heavy atom. The van der Waals surface area contributed by atoms with Crippen LogP contribution in [0.5, 0.6) is 0 Å². The predicted octanol–water partition coefficient (Wildman–Crippen LogP) is 0.721. The largest absolute Gasteiger partial charge is 0.481 e. The molecule has 21 heavy (non-hydrogen) atoms. The van der Waals surface area contributed by atoms with Gasteiger partial charge in [-0.25, -0.2) is 0 Å². The molecule has 0 saturated carbocycles. The molecule has 2 amide bonds. The van der Waals surface area contributed by atoms with Gasteiger partial charge in [-0.1, -0.05) is 0 Å². The van der Waals surface area contributed by atoms with Crippen molar-refractivity contribution < 1.29 is 23.9 Å². The van der Waals surface area contributed by atoms with Gasteiger partial charge in [-0.2, -0.15) is 0 Å². The molecule has 0 bridgehead atoms. The van der Waals surface area contributed by atoms with E-state index in [-0.39, 0.29) is 18.2 Å². The van der Waals surface area contributed by atoms with Gasteiger partial charge >= 0.3 is 5.97 Å². The maximum atomic E-state index is 12.2. The van der Waals surface area contributed by atoms with Crippen LogP contribution in [0.3, 0.4) is 0 Å². The van der Waals surface area contributed by atoms with Crippen LogP contribution in [0.25, 0.3) is 0 Å². The fourth-order valence-corrected chi connectivity index (χ4v) is 2.33. The third kappa shape index (κ3) is 3.07. The Labute approximate surface area is 121 Å². The molecule has 7 nitrogen and oxygen atoms in total. The average Bonchev–Trinajstić information content (AvgIpc) is 3.07. The Morgan fingerprint density at radius 2 is 2.19 bits per heavy atom. The summed E-state index contributed by atoms with van der Waals surface area (Å²) in [7, 11) is 0. The summed E-state index contributed by atoms with van der Waals surface area (Å²) < 4.78 is 4.95. The molecule has 2 heterocycles. The third-order valence-electron chi connectivity index (χ3n) is 3.76. The molecule has 0 aliphatic carbocycles. The lowest BCUT2D eigenvalue weighted by Gasteiger charge is -2.23. The maximum Gasteiger partial charge on any atom is 0.311 e. The lowest BCUT2D eigenvalue weighted by Crippen LogP contribution is -2.47. The van der Waals surface area contributed by atoms with Gasteiger partial charge in [-0.3, -0.25) is 14.4 Å². The molecule has 2 N–H and O–H groups in total. The Kier molecular flexibility index (Phi) is 4.02. The highest BCUT2D eigenvalue weighted by molar-refractivity contribution is 5.95.